The van der Waals surface area contributed by atoms with Crippen LogP contribution in [0.2, 0.25) is 0 Å². The minimum absolute atomic E-state index is 0.183. The Bertz CT molecular complexity index is 512. The maximum absolute atomic E-state index is 11.5. The zero-order valence-electron chi connectivity index (χ0n) is 8.06. The Morgan fingerprint density at radius 2 is 2.36 bits per heavy atom. The van der Waals surface area contributed by atoms with Gasteiger partial charge in [0, 0.05) is 13.6 Å². The number of aryl methyl sites for hydroxylation is 1. The number of nitrogens with one attached hydrogen (secondary N) is 1. The Kier molecular flexibility index (Phi) is 2.05. The summed E-state index contributed by atoms with van der Waals surface area (Å²) in [4.78, 5) is 15.7. The molecule has 0 aromatic carbocycles. The number of rotatable bonds is 2. The second-order valence-corrected chi connectivity index (χ2v) is 3.03. The van der Waals surface area contributed by atoms with Crippen molar-refractivity contribution in [1.29, 1.82) is 0 Å². The van der Waals surface area contributed by atoms with Crippen LogP contribution in [0, 0.1) is 0 Å². The predicted molar refractivity (Wildman–Crippen MR) is 51.0 cm³/mol. The molecule has 0 fully saturated rings. The van der Waals surface area contributed by atoms with E-state index in [2.05, 4.69) is 15.4 Å². The molecule has 0 saturated heterocycles. The van der Waals surface area contributed by atoms with Crippen molar-refractivity contribution in [3.63, 3.8) is 0 Å². The normalized spacial score (nSPS) is 11.0. The van der Waals surface area contributed by atoms with Gasteiger partial charge in [0.15, 0.2) is 0 Å². The molecule has 0 spiro atoms. The van der Waals surface area contributed by atoms with E-state index in [-0.39, 0.29) is 5.69 Å². The van der Waals surface area contributed by atoms with Gasteiger partial charge in [-0.05, 0) is 7.05 Å². The van der Waals surface area contributed by atoms with Crippen LogP contribution in [0.5, 0.6) is 0 Å². The average Bonchev–Trinajstić information content (AvgIpc) is 2.57. The molecule has 14 heavy (non-hydrogen) atoms. The van der Waals surface area contributed by atoms with Gasteiger partial charge < -0.3 is 5.32 Å². The van der Waals surface area contributed by atoms with E-state index < -0.39 is 0 Å². The number of aromatic nitrogens is 4. The van der Waals surface area contributed by atoms with Crippen molar-refractivity contribution < 1.29 is 0 Å². The molecule has 0 aliphatic carbocycles. The van der Waals surface area contributed by atoms with Crippen LogP contribution in [-0.2, 0) is 13.6 Å². The van der Waals surface area contributed by atoms with Crippen LogP contribution in [-0.4, -0.2) is 26.2 Å². The van der Waals surface area contributed by atoms with Gasteiger partial charge >= 0.3 is 5.69 Å². The van der Waals surface area contributed by atoms with E-state index in [1.807, 2.05) is 7.05 Å². The zero-order valence-corrected chi connectivity index (χ0v) is 8.06. The summed E-state index contributed by atoms with van der Waals surface area (Å²) >= 11 is 0. The van der Waals surface area contributed by atoms with Crippen molar-refractivity contribution in [2.24, 2.45) is 7.05 Å². The molecule has 6 heteroatoms. The lowest BCUT2D eigenvalue weighted by atomic mass is 10.4. The molecule has 0 radical (unpaired) electrons. The maximum atomic E-state index is 11.5. The molecule has 1 N–H and O–H groups in total. The lowest BCUT2D eigenvalue weighted by molar-refractivity contribution is 0.664. The Hall–Kier alpha value is -1.69. The molecule has 0 bridgehead atoms. The molecule has 2 aromatic rings. The standard InChI is InChI=1S/C8H11N5O/c1-9-3-6-7-4-11-12(2)8(14)13(7)5-10-6/h4-5,9H,3H2,1-2H3. The molecule has 0 atom stereocenters. The SMILES string of the molecule is CNCc1ncn2c(=O)n(C)ncc12. The van der Waals surface area contributed by atoms with E-state index in [9.17, 15) is 4.79 Å². The summed E-state index contributed by atoms with van der Waals surface area (Å²) in [7, 11) is 3.44. The van der Waals surface area contributed by atoms with E-state index in [1.54, 1.807) is 13.2 Å². The minimum Gasteiger partial charge on any atom is -0.314 e. The first-order valence-corrected chi connectivity index (χ1v) is 4.27. The Morgan fingerprint density at radius 3 is 3.07 bits per heavy atom. The summed E-state index contributed by atoms with van der Waals surface area (Å²) in [6.07, 6.45) is 3.16. The van der Waals surface area contributed by atoms with Crippen LogP contribution in [0.3, 0.4) is 0 Å². The predicted octanol–water partition coefficient (Wildman–Crippen LogP) is -0.853. The number of imidazole rings is 1. The Balaban J connectivity index is 2.71. The number of fused-ring (bicyclic) bond motifs is 1. The van der Waals surface area contributed by atoms with Crippen molar-refractivity contribution in [2.75, 3.05) is 7.05 Å². The van der Waals surface area contributed by atoms with Crippen LogP contribution >= 0.6 is 0 Å². The number of hydrogen-bond acceptors (Lipinski definition) is 4. The molecule has 6 nitrogen and oxygen atoms in total. The summed E-state index contributed by atoms with van der Waals surface area (Å²) in [5, 5.41) is 6.92. The van der Waals surface area contributed by atoms with Gasteiger partial charge in [0.05, 0.1) is 17.4 Å². The largest absolute Gasteiger partial charge is 0.350 e. The van der Waals surface area contributed by atoms with Gasteiger partial charge in [0.25, 0.3) is 0 Å². The first-order chi connectivity index (χ1) is 6.74. The number of hydrogen-bond donors (Lipinski definition) is 1. The van der Waals surface area contributed by atoms with Crippen LogP contribution in [0.4, 0.5) is 0 Å². The maximum Gasteiger partial charge on any atom is 0.350 e. The van der Waals surface area contributed by atoms with Gasteiger partial charge in [-0.3, -0.25) is 0 Å². The highest BCUT2D eigenvalue weighted by Crippen LogP contribution is 2.03. The van der Waals surface area contributed by atoms with Gasteiger partial charge in [-0.1, -0.05) is 0 Å². The first kappa shape index (κ1) is 8.89. The van der Waals surface area contributed by atoms with Crippen LogP contribution < -0.4 is 11.0 Å². The third-order valence-electron chi connectivity index (χ3n) is 2.06. The van der Waals surface area contributed by atoms with E-state index in [0.29, 0.717) is 6.54 Å². The second-order valence-electron chi connectivity index (χ2n) is 3.03. The van der Waals surface area contributed by atoms with Gasteiger partial charge in [-0.15, -0.1) is 0 Å². The quantitative estimate of drug-likeness (QED) is 0.674. The van der Waals surface area contributed by atoms with Gasteiger partial charge in [-0.25, -0.2) is 18.9 Å². The van der Waals surface area contributed by atoms with E-state index in [0.717, 1.165) is 11.2 Å². The number of nitrogens with zero attached hydrogens (tertiary/aromatic N) is 4. The van der Waals surface area contributed by atoms with Crippen LogP contribution in [0.25, 0.3) is 5.52 Å². The summed E-state index contributed by atoms with van der Waals surface area (Å²) in [5.74, 6) is 0. The molecule has 0 unspecified atom stereocenters. The fourth-order valence-corrected chi connectivity index (χ4v) is 1.33. The van der Waals surface area contributed by atoms with E-state index in [4.69, 9.17) is 0 Å². The molecule has 74 valence electrons. The van der Waals surface area contributed by atoms with Gasteiger partial charge in [0.1, 0.15) is 6.33 Å². The van der Waals surface area contributed by atoms with E-state index in [1.165, 1.54) is 15.4 Å². The monoisotopic (exact) mass is 193 g/mol. The highest BCUT2D eigenvalue weighted by atomic mass is 16.1. The molecule has 0 aliphatic rings. The van der Waals surface area contributed by atoms with Crippen molar-refractivity contribution in [3.05, 3.63) is 28.7 Å². The smallest absolute Gasteiger partial charge is 0.314 e. The average molecular weight is 193 g/mol. The third kappa shape index (κ3) is 1.20. The summed E-state index contributed by atoms with van der Waals surface area (Å²) in [6, 6.07) is 0. The lowest BCUT2D eigenvalue weighted by Crippen LogP contribution is -2.25. The van der Waals surface area contributed by atoms with Gasteiger partial charge in [-0.2, -0.15) is 5.10 Å². The molecule has 2 heterocycles. The summed E-state index contributed by atoms with van der Waals surface area (Å²) in [6.45, 7) is 0.630. The molecule has 0 aliphatic heterocycles. The van der Waals surface area contributed by atoms with Gasteiger partial charge in [0.2, 0.25) is 0 Å². The van der Waals surface area contributed by atoms with Crippen molar-refractivity contribution in [2.45, 2.75) is 6.54 Å². The summed E-state index contributed by atoms with van der Waals surface area (Å²) < 4.78 is 2.76. The first-order valence-electron chi connectivity index (χ1n) is 4.27. The minimum atomic E-state index is -0.183. The molecule has 2 rings (SSSR count). The highest BCUT2D eigenvalue weighted by Gasteiger charge is 2.06. The van der Waals surface area contributed by atoms with Crippen molar-refractivity contribution >= 4 is 5.52 Å². The molecule has 0 saturated carbocycles. The summed E-state index contributed by atoms with van der Waals surface area (Å²) in [5.41, 5.74) is 1.40. The fraction of sp³-hybridized carbons (Fsp3) is 0.375. The molecular weight excluding hydrogens is 182 g/mol. The molecular formula is C8H11N5O. The second kappa shape index (κ2) is 3.22. The fourth-order valence-electron chi connectivity index (χ4n) is 1.33. The van der Waals surface area contributed by atoms with Crippen molar-refractivity contribution in [3.8, 4) is 0 Å². The highest BCUT2D eigenvalue weighted by molar-refractivity contribution is 5.49. The van der Waals surface area contributed by atoms with Crippen molar-refractivity contribution in [1.82, 2.24) is 24.5 Å². The third-order valence-corrected chi connectivity index (χ3v) is 2.06. The Labute approximate surface area is 80.2 Å². The molecule has 0 amide bonds. The van der Waals surface area contributed by atoms with Crippen LogP contribution in [0.15, 0.2) is 17.3 Å². The molecule has 2 aromatic heterocycles. The lowest BCUT2D eigenvalue weighted by Gasteiger charge is -1.98. The zero-order chi connectivity index (χ0) is 10.1. The Morgan fingerprint density at radius 1 is 1.57 bits per heavy atom. The van der Waals surface area contributed by atoms with Crippen LogP contribution in [0.1, 0.15) is 5.69 Å². The topological polar surface area (TPSA) is 64.2 Å². The van der Waals surface area contributed by atoms with E-state index >= 15 is 0 Å².